The van der Waals surface area contributed by atoms with Crippen molar-refractivity contribution in [3.8, 4) is 0 Å². The van der Waals surface area contributed by atoms with Crippen molar-refractivity contribution in [2.75, 3.05) is 10.6 Å². The second-order valence-corrected chi connectivity index (χ2v) is 4.26. The number of amides is 2. The SMILES string of the molecule is CC(=O)Nc1ccc(F)c(NC(=O)c2cccc(=O)[nH]2)c1. The molecule has 2 rings (SSSR count). The molecule has 0 saturated carbocycles. The number of H-pyrrole nitrogens is 1. The van der Waals surface area contributed by atoms with Crippen LogP contribution in [0.3, 0.4) is 0 Å². The summed E-state index contributed by atoms with van der Waals surface area (Å²) in [7, 11) is 0. The number of aromatic nitrogens is 1. The lowest BCUT2D eigenvalue weighted by atomic mass is 10.2. The summed E-state index contributed by atoms with van der Waals surface area (Å²) < 4.78 is 13.7. The van der Waals surface area contributed by atoms with E-state index in [0.29, 0.717) is 5.69 Å². The number of pyridine rings is 1. The molecule has 0 aliphatic rings. The molecule has 0 saturated heterocycles. The van der Waals surface area contributed by atoms with Crippen LogP contribution in [0.1, 0.15) is 17.4 Å². The van der Waals surface area contributed by atoms with Gasteiger partial charge in [-0.3, -0.25) is 14.4 Å². The van der Waals surface area contributed by atoms with Crippen molar-refractivity contribution in [1.82, 2.24) is 4.98 Å². The van der Waals surface area contributed by atoms with Crippen molar-refractivity contribution in [2.24, 2.45) is 0 Å². The molecule has 0 atom stereocenters. The minimum Gasteiger partial charge on any atom is -0.326 e. The lowest BCUT2D eigenvalue weighted by molar-refractivity contribution is -0.114. The Balaban J connectivity index is 2.24. The van der Waals surface area contributed by atoms with Gasteiger partial charge in [-0.05, 0) is 24.3 Å². The van der Waals surface area contributed by atoms with E-state index in [1.807, 2.05) is 0 Å². The molecule has 0 spiro atoms. The van der Waals surface area contributed by atoms with Crippen LogP contribution < -0.4 is 16.2 Å². The van der Waals surface area contributed by atoms with E-state index in [1.54, 1.807) is 0 Å². The number of carbonyl (C=O) groups excluding carboxylic acids is 2. The largest absolute Gasteiger partial charge is 0.326 e. The van der Waals surface area contributed by atoms with Crippen LogP contribution in [-0.2, 0) is 4.79 Å². The number of carbonyl (C=O) groups is 2. The van der Waals surface area contributed by atoms with Gasteiger partial charge in [0.05, 0.1) is 5.69 Å². The number of benzene rings is 1. The first kappa shape index (κ1) is 14.4. The van der Waals surface area contributed by atoms with Gasteiger partial charge in [0.2, 0.25) is 11.5 Å². The first-order chi connectivity index (χ1) is 9.95. The summed E-state index contributed by atoms with van der Waals surface area (Å²) in [4.78, 5) is 36.3. The van der Waals surface area contributed by atoms with Gasteiger partial charge in [0.15, 0.2) is 0 Å². The highest BCUT2D eigenvalue weighted by Gasteiger charge is 2.11. The van der Waals surface area contributed by atoms with Crippen LogP contribution >= 0.6 is 0 Å². The molecule has 0 aliphatic carbocycles. The van der Waals surface area contributed by atoms with Crippen molar-refractivity contribution in [3.05, 3.63) is 58.3 Å². The first-order valence-corrected chi connectivity index (χ1v) is 6.03. The smallest absolute Gasteiger partial charge is 0.272 e. The lowest BCUT2D eigenvalue weighted by Gasteiger charge is -2.09. The zero-order chi connectivity index (χ0) is 15.4. The number of halogens is 1. The monoisotopic (exact) mass is 289 g/mol. The number of hydrogen-bond acceptors (Lipinski definition) is 3. The number of anilines is 2. The summed E-state index contributed by atoms with van der Waals surface area (Å²) in [6.45, 7) is 1.32. The van der Waals surface area contributed by atoms with Crippen molar-refractivity contribution in [3.63, 3.8) is 0 Å². The molecule has 2 amide bonds. The summed E-state index contributed by atoms with van der Waals surface area (Å²) in [5, 5.41) is 4.81. The molecule has 0 radical (unpaired) electrons. The molecule has 0 aliphatic heterocycles. The topological polar surface area (TPSA) is 91.1 Å². The van der Waals surface area contributed by atoms with E-state index >= 15 is 0 Å². The Morgan fingerprint density at radius 3 is 2.57 bits per heavy atom. The third-order valence-electron chi connectivity index (χ3n) is 2.55. The van der Waals surface area contributed by atoms with E-state index in [9.17, 15) is 18.8 Å². The summed E-state index contributed by atoms with van der Waals surface area (Å²) in [5.41, 5.74) is -0.182. The van der Waals surface area contributed by atoms with Crippen LogP contribution in [0.4, 0.5) is 15.8 Å². The van der Waals surface area contributed by atoms with Crippen molar-refractivity contribution in [1.29, 1.82) is 0 Å². The molecule has 1 heterocycles. The maximum absolute atomic E-state index is 13.7. The maximum Gasteiger partial charge on any atom is 0.272 e. The van der Waals surface area contributed by atoms with Crippen LogP contribution in [0.25, 0.3) is 0 Å². The molecule has 21 heavy (non-hydrogen) atoms. The molecule has 7 heteroatoms. The van der Waals surface area contributed by atoms with Gasteiger partial charge >= 0.3 is 0 Å². The molecule has 1 aromatic carbocycles. The van der Waals surface area contributed by atoms with Gasteiger partial charge in [-0.25, -0.2) is 4.39 Å². The Labute approximate surface area is 119 Å². The highest BCUT2D eigenvalue weighted by molar-refractivity contribution is 6.03. The fourth-order valence-electron chi connectivity index (χ4n) is 1.67. The number of rotatable bonds is 3. The van der Waals surface area contributed by atoms with Crippen LogP contribution in [0.15, 0.2) is 41.2 Å². The van der Waals surface area contributed by atoms with Gasteiger partial charge in [-0.2, -0.15) is 0 Å². The van der Waals surface area contributed by atoms with Crippen LogP contribution in [-0.4, -0.2) is 16.8 Å². The van der Waals surface area contributed by atoms with Gasteiger partial charge in [-0.1, -0.05) is 6.07 Å². The molecular formula is C14H12FN3O3. The Morgan fingerprint density at radius 1 is 1.14 bits per heavy atom. The molecule has 0 bridgehead atoms. The lowest BCUT2D eigenvalue weighted by Crippen LogP contribution is -2.18. The first-order valence-electron chi connectivity index (χ1n) is 6.03. The Bertz CT molecular complexity index is 755. The van der Waals surface area contributed by atoms with E-state index in [1.165, 1.54) is 37.3 Å². The quantitative estimate of drug-likeness (QED) is 0.803. The van der Waals surface area contributed by atoms with Gasteiger partial charge in [-0.15, -0.1) is 0 Å². The number of aromatic amines is 1. The van der Waals surface area contributed by atoms with E-state index in [2.05, 4.69) is 15.6 Å². The van der Waals surface area contributed by atoms with Crippen LogP contribution in [0, 0.1) is 5.82 Å². The fraction of sp³-hybridized carbons (Fsp3) is 0.0714. The third-order valence-corrected chi connectivity index (χ3v) is 2.55. The minimum absolute atomic E-state index is 0.00632. The summed E-state index contributed by atoms with van der Waals surface area (Å²) >= 11 is 0. The maximum atomic E-state index is 13.7. The predicted octanol–water partition coefficient (Wildman–Crippen LogP) is 1.72. The molecule has 2 aromatic rings. The number of hydrogen-bond donors (Lipinski definition) is 3. The highest BCUT2D eigenvalue weighted by atomic mass is 19.1. The molecular weight excluding hydrogens is 277 g/mol. The second kappa shape index (κ2) is 6.00. The molecule has 1 aromatic heterocycles. The van der Waals surface area contributed by atoms with E-state index < -0.39 is 17.3 Å². The fourth-order valence-corrected chi connectivity index (χ4v) is 1.67. The molecule has 0 unspecified atom stereocenters. The van der Waals surface area contributed by atoms with Gasteiger partial charge < -0.3 is 15.6 Å². The van der Waals surface area contributed by atoms with Gasteiger partial charge in [0.25, 0.3) is 5.91 Å². The van der Waals surface area contributed by atoms with E-state index in [-0.39, 0.29) is 17.3 Å². The van der Waals surface area contributed by atoms with Gasteiger partial charge in [0, 0.05) is 18.7 Å². The highest BCUT2D eigenvalue weighted by Crippen LogP contribution is 2.20. The van der Waals surface area contributed by atoms with E-state index in [4.69, 9.17) is 0 Å². The molecule has 108 valence electrons. The summed E-state index contributed by atoms with van der Waals surface area (Å²) in [6.07, 6.45) is 0. The zero-order valence-corrected chi connectivity index (χ0v) is 11.1. The third kappa shape index (κ3) is 3.75. The Morgan fingerprint density at radius 2 is 1.90 bits per heavy atom. The Hall–Kier alpha value is -2.96. The Kier molecular flexibility index (Phi) is 4.13. The normalized spacial score (nSPS) is 10.0. The average Bonchev–Trinajstić information content (AvgIpc) is 2.42. The molecule has 6 nitrogen and oxygen atoms in total. The van der Waals surface area contributed by atoms with Crippen LogP contribution in [0.5, 0.6) is 0 Å². The summed E-state index contributed by atoms with van der Waals surface area (Å²) in [6, 6.07) is 7.85. The van der Waals surface area contributed by atoms with Gasteiger partial charge in [0.1, 0.15) is 11.5 Å². The summed E-state index contributed by atoms with van der Waals surface area (Å²) in [5.74, 6) is -1.63. The zero-order valence-electron chi connectivity index (χ0n) is 11.1. The average molecular weight is 289 g/mol. The number of nitrogens with one attached hydrogen (secondary N) is 3. The molecule has 0 fully saturated rings. The minimum atomic E-state index is -0.661. The van der Waals surface area contributed by atoms with Crippen molar-refractivity contribution >= 4 is 23.2 Å². The van der Waals surface area contributed by atoms with Crippen molar-refractivity contribution < 1.29 is 14.0 Å². The molecule has 3 N–H and O–H groups in total. The predicted molar refractivity (Wildman–Crippen MR) is 75.7 cm³/mol. The standard InChI is InChI=1S/C14H12FN3O3/c1-8(19)16-9-5-6-10(15)12(7-9)18-14(21)11-3-2-4-13(20)17-11/h2-7H,1H3,(H,16,19)(H,17,20)(H,18,21). The van der Waals surface area contributed by atoms with Crippen LogP contribution in [0.2, 0.25) is 0 Å². The van der Waals surface area contributed by atoms with Crippen molar-refractivity contribution in [2.45, 2.75) is 6.92 Å². The van der Waals surface area contributed by atoms with E-state index in [0.717, 1.165) is 6.07 Å². The second-order valence-electron chi connectivity index (χ2n) is 4.26.